The van der Waals surface area contributed by atoms with Crippen LogP contribution in [0.4, 0.5) is 10.1 Å². The van der Waals surface area contributed by atoms with Gasteiger partial charge >= 0.3 is 0 Å². The van der Waals surface area contributed by atoms with E-state index in [1.165, 1.54) is 12.1 Å². The fourth-order valence-corrected chi connectivity index (χ4v) is 5.12. The second kappa shape index (κ2) is 9.90. The number of sulfone groups is 1. The van der Waals surface area contributed by atoms with E-state index in [9.17, 15) is 12.8 Å². The second-order valence-corrected chi connectivity index (χ2v) is 9.38. The van der Waals surface area contributed by atoms with Gasteiger partial charge in [-0.15, -0.1) is 24.0 Å². The minimum atomic E-state index is -2.80. The first-order valence-corrected chi connectivity index (χ1v) is 11.0. The molecule has 152 valence electrons. The van der Waals surface area contributed by atoms with Gasteiger partial charge in [0.1, 0.15) is 15.7 Å². The predicted molar refractivity (Wildman–Crippen MR) is 118 cm³/mol. The van der Waals surface area contributed by atoms with Crippen LogP contribution in [0.2, 0.25) is 0 Å². The lowest BCUT2D eigenvalue weighted by atomic mass is 9.99. The van der Waals surface area contributed by atoms with Gasteiger partial charge in [-0.1, -0.05) is 0 Å². The molecule has 1 aromatic rings. The summed E-state index contributed by atoms with van der Waals surface area (Å²) in [4.78, 5) is 8.78. The lowest BCUT2D eigenvalue weighted by Gasteiger charge is -2.36. The third kappa shape index (κ3) is 6.48. The topological polar surface area (TPSA) is 79.0 Å². The summed E-state index contributed by atoms with van der Waals surface area (Å²) in [6.07, 6.45) is 2.38. The molecule has 2 N–H and O–H groups in total. The van der Waals surface area contributed by atoms with E-state index in [0.29, 0.717) is 29.9 Å². The monoisotopic (exact) mass is 510 g/mol. The molecule has 9 heteroatoms. The first kappa shape index (κ1) is 22.2. The highest BCUT2D eigenvalue weighted by Crippen LogP contribution is 2.22. The van der Waals surface area contributed by atoms with Crippen LogP contribution in [-0.2, 0) is 9.84 Å². The van der Waals surface area contributed by atoms with E-state index in [1.807, 2.05) is 0 Å². The van der Waals surface area contributed by atoms with Gasteiger partial charge in [0.25, 0.3) is 0 Å². The van der Waals surface area contributed by atoms with Gasteiger partial charge in [-0.25, -0.2) is 12.8 Å². The van der Waals surface area contributed by atoms with Gasteiger partial charge in [-0.05, 0) is 49.4 Å². The molecule has 0 radical (unpaired) electrons. The van der Waals surface area contributed by atoms with Crippen molar-refractivity contribution < 1.29 is 12.8 Å². The number of nitrogens with two attached hydrogens (primary N) is 1. The van der Waals surface area contributed by atoms with Crippen LogP contribution in [0.5, 0.6) is 0 Å². The molecule has 0 spiro atoms. The third-order valence-corrected chi connectivity index (χ3v) is 7.00. The van der Waals surface area contributed by atoms with Crippen LogP contribution in [0.25, 0.3) is 0 Å². The Morgan fingerprint density at radius 2 is 1.70 bits per heavy atom. The summed E-state index contributed by atoms with van der Waals surface area (Å²) in [5, 5.41) is 0. The minimum absolute atomic E-state index is 0. The fraction of sp³-hybridized carbons (Fsp3) is 0.611. The molecule has 2 saturated heterocycles. The Labute approximate surface area is 177 Å². The lowest BCUT2D eigenvalue weighted by molar-refractivity contribution is 0.379. The molecule has 27 heavy (non-hydrogen) atoms. The highest BCUT2D eigenvalue weighted by molar-refractivity contribution is 14.0. The van der Waals surface area contributed by atoms with E-state index in [0.717, 1.165) is 51.1 Å². The number of aliphatic imine (C=N–C) groups is 1. The predicted octanol–water partition coefficient (Wildman–Crippen LogP) is 2.10. The van der Waals surface area contributed by atoms with Crippen molar-refractivity contribution in [1.29, 1.82) is 0 Å². The number of rotatable bonds is 4. The zero-order valence-electron chi connectivity index (χ0n) is 15.4. The number of hydrogen-bond donors (Lipinski definition) is 1. The molecule has 0 unspecified atom stereocenters. The van der Waals surface area contributed by atoms with Crippen molar-refractivity contribution in [3.05, 3.63) is 30.1 Å². The van der Waals surface area contributed by atoms with E-state index in [2.05, 4.69) is 14.8 Å². The number of nitrogens with zero attached hydrogens (tertiary/aromatic N) is 3. The quantitative estimate of drug-likeness (QED) is 0.382. The van der Waals surface area contributed by atoms with Crippen molar-refractivity contribution in [2.75, 3.05) is 49.1 Å². The molecular formula is C18H28FIN4O2S. The molecule has 0 aromatic heterocycles. The fourth-order valence-electron chi connectivity index (χ4n) is 3.53. The van der Waals surface area contributed by atoms with Gasteiger partial charge in [0.15, 0.2) is 5.96 Å². The third-order valence-electron chi connectivity index (χ3n) is 5.28. The number of piperazine rings is 1. The number of hydrogen-bond acceptors (Lipinski definition) is 4. The molecule has 2 aliphatic heterocycles. The highest BCUT2D eigenvalue weighted by Gasteiger charge is 2.23. The van der Waals surface area contributed by atoms with Gasteiger partial charge in [-0.2, -0.15) is 0 Å². The van der Waals surface area contributed by atoms with E-state index >= 15 is 0 Å². The Hall–Kier alpha value is -1.10. The first-order chi connectivity index (χ1) is 12.4. The SMILES string of the molecule is I.NC(=NCCC1CCS(=O)(=O)CC1)N1CCN(c2ccc(F)cc2)CC1. The lowest BCUT2D eigenvalue weighted by Crippen LogP contribution is -2.51. The largest absolute Gasteiger partial charge is 0.370 e. The maximum absolute atomic E-state index is 13.0. The Morgan fingerprint density at radius 1 is 1.11 bits per heavy atom. The van der Waals surface area contributed by atoms with Crippen LogP contribution in [-0.4, -0.2) is 63.5 Å². The van der Waals surface area contributed by atoms with E-state index in [-0.39, 0.29) is 29.8 Å². The summed E-state index contributed by atoms with van der Waals surface area (Å²) in [6, 6.07) is 6.56. The van der Waals surface area contributed by atoms with Crippen LogP contribution < -0.4 is 10.6 Å². The van der Waals surface area contributed by atoms with Crippen molar-refractivity contribution >= 4 is 45.5 Å². The van der Waals surface area contributed by atoms with Crippen LogP contribution in [0.3, 0.4) is 0 Å². The van der Waals surface area contributed by atoms with Crippen molar-refractivity contribution in [1.82, 2.24) is 4.90 Å². The summed E-state index contributed by atoms with van der Waals surface area (Å²) in [5.41, 5.74) is 7.15. The van der Waals surface area contributed by atoms with Crippen molar-refractivity contribution in [2.45, 2.75) is 19.3 Å². The maximum atomic E-state index is 13.0. The van der Waals surface area contributed by atoms with Crippen molar-refractivity contribution in [2.24, 2.45) is 16.6 Å². The number of benzene rings is 1. The van der Waals surface area contributed by atoms with Gasteiger partial charge in [0.05, 0.1) is 11.5 Å². The molecule has 2 fully saturated rings. The summed E-state index contributed by atoms with van der Waals surface area (Å²) >= 11 is 0. The average Bonchev–Trinajstić information content (AvgIpc) is 2.64. The molecular weight excluding hydrogens is 482 g/mol. The van der Waals surface area contributed by atoms with Crippen LogP contribution in [0, 0.1) is 11.7 Å². The number of anilines is 1. The van der Waals surface area contributed by atoms with Gasteiger partial charge in [0, 0.05) is 38.4 Å². The summed E-state index contributed by atoms with van der Waals surface area (Å²) < 4.78 is 35.9. The Morgan fingerprint density at radius 3 is 2.30 bits per heavy atom. The second-order valence-electron chi connectivity index (χ2n) is 7.07. The normalized spacial score (nSPS) is 21.0. The standard InChI is InChI=1S/C18H27FN4O2S.HI/c19-16-1-3-17(4-2-16)22-9-11-23(12-10-22)18(20)21-8-5-15-6-13-26(24,25)14-7-15;/h1-4,15H,5-14H2,(H2,20,21);1H. The molecule has 6 nitrogen and oxygen atoms in total. The van der Waals surface area contributed by atoms with E-state index < -0.39 is 9.84 Å². The van der Waals surface area contributed by atoms with Crippen molar-refractivity contribution in [3.63, 3.8) is 0 Å². The maximum Gasteiger partial charge on any atom is 0.191 e. The highest BCUT2D eigenvalue weighted by atomic mass is 127. The molecule has 0 atom stereocenters. The molecule has 0 aliphatic carbocycles. The molecule has 1 aromatic carbocycles. The van der Waals surface area contributed by atoms with E-state index in [1.54, 1.807) is 12.1 Å². The zero-order valence-corrected chi connectivity index (χ0v) is 18.5. The Balaban J connectivity index is 0.00000261. The molecule has 0 amide bonds. The van der Waals surface area contributed by atoms with Crippen LogP contribution in [0.15, 0.2) is 29.3 Å². The van der Waals surface area contributed by atoms with Crippen molar-refractivity contribution in [3.8, 4) is 0 Å². The molecule has 2 heterocycles. The first-order valence-electron chi connectivity index (χ1n) is 9.19. The molecule has 0 saturated carbocycles. The smallest absolute Gasteiger partial charge is 0.191 e. The van der Waals surface area contributed by atoms with Gasteiger partial charge < -0.3 is 15.5 Å². The summed E-state index contributed by atoms with van der Waals surface area (Å²) in [5.74, 6) is 1.39. The van der Waals surface area contributed by atoms with Gasteiger partial charge in [-0.3, -0.25) is 4.99 Å². The molecule has 3 rings (SSSR count). The van der Waals surface area contributed by atoms with Crippen LogP contribution >= 0.6 is 24.0 Å². The number of guanidine groups is 1. The summed E-state index contributed by atoms with van der Waals surface area (Å²) in [6.45, 7) is 3.86. The van der Waals surface area contributed by atoms with Gasteiger partial charge in [0.2, 0.25) is 0 Å². The molecule has 2 aliphatic rings. The minimum Gasteiger partial charge on any atom is -0.370 e. The van der Waals surface area contributed by atoms with E-state index in [4.69, 9.17) is 5.73 Å². The molecule has 0 bridgehead atoms. The van der Waals surface area contributed by atoms with Crippen LogP contribution in [0.1, 0.15) is 19.3 Å². The summed E-state index contributed by atoms with van der Waals surface area (Å²) in [7, 11) is -2.80. The Bertz CT molecular complexity index is 720. The Kier molecular flexibility index (Phi) is 8.14. The number of halogens is 2. The zero-order chi connectivity index (χ0) is 18.6. The average molecular weight is 510 g/mol.